The molecule has 0 spiro atoms. The van der Waals surface area contributed by atoms with Crippen LogP contribution in [0.15, 0.2) is 27.6 Å². The summed E-state index contributed by atoms with van der Waals surface area (Å²) in [6.45, 7) is 0.731. The lowest BCUT2D eigenvalue weighted by atomic mass is 9.98. The number of carbonyl (C=O) groups is 2. The molecule has 0 aromatic carbocycles. The number of rotatable bonds is 2. The van der Waals surface area contributed by atoms with Crippen LogP contribution in [-0.2, 0) is 4.79 Å². The molecule has 1 aromatic heterocycles. The van der Waals surface area contributed by atoms with E-state index >= 15 is 0 Å². The minimum Gasteiger partial charge on any atom is -0.481 e. The summed E-state index contributed by atoms with van der Waals surface area (Å²) in [6, 6.07) is 2.56. The van der Waals surface area contributed by atoms with Gasteiger partial charge in [-0.1, -0.05) is 0 Å². The van der Waals surface area contributed by atoms with Crippen molar-refractivity contribution in [2.45, 2.75) is 12.8 Å². The highest BCUT2D eigenvalue weighted by molar-refractivity contribution is 5.94. The summed E-state index contributed by atoms with van der Waals surface area (Å²) < 4.78 is 4.63. The number of amides is 1. The number of hydrogen-bond acceptors (Lipinski definition) is 4. The van der Waals surface area contributed by atoms with Gasteiger partial charge in [-0.3, -0.25) is 9.59 Å². The van der Waals surface area contributed by atoms with E-state index in [0.29, 0.717) is 19.4 Å². The van der Waals surface area contributed by atoms with Gasteiger partial charge in [-0.2, -0.15) is 0 Å². The van der Waals surface area contributed by atoms with Crippen LogP contribution in [-0.4, -0.2) is 35.0 Å². The molecule has 0 radical (unpaired) electrons. The molecule has 1 saturated heterocycles. The molecule has 1 aliphatic rings. The number of likely N-dealkylation sites (tertiary alicyclic amines) is 1. The van der Waals surface area contributed by atoms with Crippen molar-refractivity contribution in [3.63, 3.8) is 0 Å². The first-order valence-corrected chi connectivity index (χ1v) is 5.69. The molecule has 0 aliphatic carbocycles. The van der Waals surface area contributed by atoms with Gasteiger partial charge in [-0.25, -0.2) is 4.79 Å². The topological polar surface area (TPSA) is 87.8 Å². The second-order valence-corrected chi connectivity index (χ2v) is 4.27. The molecule has 1 aromatic rings. The Morgan fingerprint density at radius 1 is 1.39 bits per heavy atom. The summed E-state index contributed by atoms with van der Waals surface area (Å²) in [5, 5.41) is 8.95. The first kappa shape index (κ1) is 12.3. The standard InChI is InChI=1S/C12H13NO5/c14-10-4-3-9(7-18-10)11(15)13-5-1-2-8(6-13)12(16)17/h3-4,7-8H,1-2,5-6H2,(H,16,17)/t8-/m1/s1. The average Bonchev–Trinajstić information content (AvgIpc) is 2.39. The van der Waals surface area contributed by atoms with E-state index in [1.807, 2.05) is 0 Å². The van der Waals surface area contributed by atoms with Gasteiger partial charge in [0, 0.05) is 19.2 Å². The van der Waals surface area contributed by atoms with Crippen LogP contribution in [0.3, 0.4) is 0 Å². The normalized spacial score (nSPS) is 19.6. The van der Waals surface area contributed by atoms with Crippen molar-refractivity contribution in [3.05, 3.63) is 34.4 Å². The van der Waals surface area contributed by atoms with Gasteiger partial charge in [-0.05, 0) is 18.9 Å². The number of nitrogens with zero attached hydrogens (tertiary/aromatic N) is 1. The third kappa shape index (κ3) is 2.58. The lowest BCUT2D eigenvalue weighted by Gasteiger charge is -2.30. The second kappa shape index (κ2) is 5.03. The Labute approximate surface area is 103 Å². The molecule has 0 saturated carbocycles. The van der Waals surface area contributed by atoms with Crippen molar-refractivity contribution in [1.82, 2.24) is 4.90 Å². The van der Waals surface area contributed by atoms with Crippen molar-refractivity contribution in [2.75, 3.05) is 13.1 Å². The first-order valence-electron chi connectivity index (χ1n) is 5.69. The van der Waals surface area contributed by atoms with Gasteiger partial charge >= 0.3 is 11.6 Å². The van der Waals surface area contributed by atoms with Gasteiger partial charge < -0.3 is 14.4 Å². The minimum atomic E-state index is -0.882. The zero-order chi connectivity index (χ0) is 13.1. The van der Waals surface area contributed by atoms with E-state index < -0.39 is 17.5 Å². The highest BCUT2D eigenvalue weighted by atomic mass is 16.4. The third-order valence-electron chi connectivity index (χ3n) is 3.01. The maximum atomic E-state index is 12.1. The van der Waals surface area contributed by atoms with Crippen LogP contribution in [0, 0.1) is 5.92 Å². The number of carboxylic acids is 1. The molecule has 96 valence electrons. The van der Waals surface area contributed by atoms with E-state index in [-0.39, 0.29) is 18.0 Å². The van der Waals surface area contributed by atoms with Crippen LogP contribution in [0.1, 0.15) is 23.2 Å². The Morgan fingerprint density at radius 3 is 2.78 bits per heavy atom. The van der Waals surface area contributed by atoms with Crippen LogP contribution < -0.4 is 5.63 Å². The predicted molar refractivity (Wildman–Crippen MR) is 61.2 cm³/mol. The zero-order valence-corrected chi connectivity index (χ0v) is 9.67. The summed E-state index contributed by atoms with van der Waals surface area (Å²) >= 11 is 0. The summed E-state index contributed by atoms with van der Waals surface area (Å²) in [5.41, 5.74) is -0.255. The molecular formula is C12H13NO5. The number of piperidine rings is 1. The molecule has 2 heterocycles. The molecule has 1 fully saturated rings. The Kier molecular flexibility index (Phi) is 3.45. The number of hydrogen-bond donors (Lipinski definition) is 1. The van der Waals surface area contributed by atoms with Crippen molar-refractivity contribution in [2.24, 2.45) is 5.92 Å². The van der Waals surface area contributed by atoms with Gasteiger partial charge in [0.05, 0.1) is 11.5 Å². The fourth-order valence-electron chi connectivity index (χ4n) is 2.03. The summed E-state index contributed by atoms with van der Waals surface area (Å²) in [6.07, 6.45) is 2.36. The third-order valence-corrected chi connectivity index (χ3v) is 3.01. The molecule has 0 unspecified atom stereocenters. The van der Waals surface area contributed by atoms with E-state index in [4.69, 9.17) is 5.11 Å². The SMILES string of the molecule is O=C(O)[C@@H]1CCCN(C(=O)c2ccc(=O)oc2)C1. The van der Waals surface area contributed by atoms with Crippen LogP contribution in [0.25, 0.3) is 0 Å². The highest BCUT2D eigenvalue weighted by Crippen LogP contribution is 2.18. The average molecular weight is 251 g/mol. The Morgan fingerprint density at radius 2 is 2.17 bits per heavy atom. The van der Waals surface area contributed by atoms with E-state index in [9.17, 15) is 14.4 Å². The molecule has 18 heavy (non-hydrogen) atoms. The maximum absolute atomic E-state index is 12.1. The molecule has 2 rings (SSSR count). The summed E-state index contributed by atoms with van der Waals surface area (Å²) in [5.74, 6) is -1.70. The first-order chi connectivity index (χ1) is 8.58. The maximum Gasteiger partial charge on any atom is 0.335 e. The van der Waals surface area contributed by atoms with Gasteiger partial charge in [0.25, 0.3) is 5.91 Å². The highest BCUT2D eigenvalue weighted by Gasteiger charge is 2.28. The fourth-order valence-corrected chi connectivity index (χ4v) is 2.03. The van der Waals surface area contributed by atoms with Crippen molar-refractivity contribution in [3.8, 4) is 0 Å². The van der Waals surface area contributed by atoms with E-state index in [2.05, 4.69) is 4.42 Å². The van der Waals surface area contributed by atoms with Crippen LogP contribution in [0.5, 0.6) is 0 Å². The van der Waals surface area contributed by atoms with E-state index in [1.165, 1.54) is 17.0 Å². The zero-order valence-electron chi connectivity index (χ0n) is 9.67. The molecule has 1 N–H and O–H groups in total. The molecule has 1 aliphatic heterocycles. The van der Waals surface area contributed by atoms with Crippen molar-refractivity contribution < 1.29 is 19.1 Å². The Bertz CT molecular complexity index is 501. The lowest BCUT2D eigenvalue weighted by molar-refractivity contribution is -0.143. The molecule has 0 bridgehead atoms. The van der Waals surface area contributed by atoms with Gasteiger partial charge in [-0.15, -0.1) is 0 Å². The molecule has 6 heteroatoms. The molecular weight excluding hydrogens is 238 g/mol. The Balaban J connectivity index is 2.11. The Hall–Kier alpha value is -2.11. The van der Waals surface area contributed by atoms with Gasteiger partial charge in [0.2, 0.25) is 0 Å². The van der Waals surface area contributed by atoms with Crippen LogP contribution in [0.4, 0.5) is 0 Å². The van der Waals surface area contributed by atoms with Crippen LogP contribution in [0.2, 0.25) is 0 Å². The van der Waals surface area contributed by atoms with Gasteiger partial charge in [0.15, 0.2) is 0 Å². The second-order valence-electron chi connectivity index (χ2n) is 4.27. The summed E-state index contributed by atoms with van der Waals surface area (Å²) in [4.78, 5) is 35.2. The van der Waals surface area contributed by atoms with E-state index in [1.54, 1.807) is 0 Å². The predicted octanol–water partition coefficient (Wildman–Crippen LogP) is 0.577. The van der Waals surface area contributed by atoms with Crippen LogP contribution >= 0.6 is 0 Å². The quantitative estimate of drug-likeness (QED) is 0.830. The van der Waals surface area contributed by atoms with Crippen molar-refractivity contribution in [1.29, 1.82) is 0 Å². The molecule has 6 nitrogen and oxygen atoms in total. The van der Waals surface area contributed by atoms with Gasteiger partial charge in [0.1, 0.15) is 6.26 Å². The van der Waals surface area contributed by atoms with Crippen molar-refractivity contribution >= 4 is 11.9 Å². The molecule has 1 amide bonds. The number of carboxylic acid groups (broad SMARTS) is 1. The minimum absolute atomic E-state index is 0.202. The lowest BCUT2D eigenvalue weighted by Crippen LogP contribution is -2.42. The number of aliphatic carboxylic acids is 1. The smallest absolute Gasteiger partial charge is 0.335 e. The molecule has 1 atom stereocenters. The number of carbonyl (C=O) groups excluding carboxylic acids is 1. The fraction of sp³-hybridized carbons (Fsp3) is 0.417. The van der Waals surface area contributed by atoms with E-state index in [0.717, 1.165) is 6.26 Å². The monoisotopic (exact) mass is 251 g/mol. The largest absolute Gasteiger partial charge is 0.481 e. The summed E-state index contributed by atoms with van der Waals surface area (Å²) in [7, 11) is 0.